The van der Waals surface area contributed by atoms with Crippen molar-refractivity contribution in [2.24, 2.45) is 0 Å². The fourth-order valence-electron chi connectivity index (χ4n) is 2.95. The van der Waals surface area contributed by atoms with Crippen molar-refractivity contribution in [3.8, 4) is 5.75 Å². The van der Waals surface area contributed by atoms with E-state index in [9.17, 15) is 0 Å². The molecule has 0 unspecified atom stereocenters. The quantitative estimate of drug-likeness (QED) is 0.301. The number of nitrogens with zero attached hydrogens (tertiary/aromatic N) is 4. The lowest BCUT2D eigenvalue weighted by atomic mass is 10.2. The molecular weight excluding hydrogens is 420 g/mol. The van der Waals surface area contributed by atoms with Gasteiger partial charge >= 0.3 is 0 Å². The van der Waals surface area contributed by atoms with Crippen molar-refractivity contribution in [3.63, 3.8) is 0 Å². The number of hydrogen-bond acceptors (Lipinski definition) is 7. The summed E-state index contributed by atoms with van der Waals surface area (Å²) in [5.74, 6) is 3.49. The van der Waals surface area contributed by atoms with Gasteiger partial charge in [0.15, 0.2) is 9.50 Å². The van der Waals surface area contributed by atoms with Crippen LogP contribution in [-0.2, 0) is 18.1 Å². The third kappa shape index (κ3) is 4.76. The summed E-state index contributed by atoms with van der Waals surface area (Å²) >= 11 is 5.14. The largest absolute Gasteiger partial charge is 0.494 e. The molecule has 5 nitrogen and oxygen atoms in total. The Bertz CT molecular complexity index is 1060. The van der Waals surface area contributed by atoms with Gasteiger partial charge in [-0.15, -0.1) is 21.5 Å². The summed E-state index contributed by atoms with van der Waals surface area (Å²) in [5, 5.41) is 9.82. The number of thioether (sulfide) groups is 2. The van der Waals surface area contributed by atoms with E-state index in [2.05, 4.69) is 46.0 Å². The zero-order valence-corrected chi connectivity index (χ0v) is 18.8. The third-order valence-electron chi connectivity index (χ3n) is 4.34. The fourth-order valence-corrected chi connectivity index (χ4v) is 5.97. The first kappa shape index (κ1) is 20.3. The van der Waals surface area contributed by atoms with E-state index in [1.165, 1.54) is 10.3 Å². The Labute approximate surface area is 182 Å². The minimum Gasteiger partial charge on any atom is -0.494 e. The van der Waals surface area contributed by atoms with E-state index in [1.807, 2.05) is 31.2 Å². The first-order valence-electron chi connectivity index (χ1n) is 9.52. The maximum Gasteiger partial charge on any atom is 0.191 e. The highest BCUT2D eigenvalue weighted by molar-refractivity contribution is 8.00. The van der Waals surface area contributed by atoms with Gasteiger partial charge in [0.05, 0.1) is 22.6 Å². The Hall–Kier alpha value is -2.03. The molecule has 0 bridgehead atoms. The second-order valence-corrected chi connectivity index (χ2v) is 9.40. The summed E-state index contributed by atoms with van der Waals surface area (Å²) in [6.45, 7) is 5.65. The maximum absolute atomic E-state index is 5.73. The zero-order chi connectivity index (χ0) is 20.1. The molecule has 0 aliphatic rings. The highest BCUT2D eigenvalue weighted by Crippen LogP contribution is 2.32. The Balaban J connectivity index is 1.44. The van der Waals surface area contributed by atoms with Crippen LogP contribution in [0.25, 0.3) is 10.2 Å². The number of ether oxygens (including phenoxy) is 1. The molecule has 0 spiro atoms. The van der Waals surface area contributed by atoms with Crippen molar-refractivity contribution in [2.75, 3.05) is 6.61 Å². The van der Waals surface area contributed by atoms with Crippen LogP contribution in [0.15, 0.2) is 58.0 Å². The van der Waals surface area contributed by atoms with Crippen molar-refractivity contribution >= 4 is 45.1 Å². The molecule has 2 aromatic carbocycles. The van der Waals surface area contributed by atoms with Gasteiger partial charge in [-0.3, -0.25) is 0 Å². The average molecular weight is 443 g/mol. The van der Waals surface area contributed by atoms with Crippen LogP contribution in [0, 0.1) is 0 Å². The molecule has 0 saturated carbocycles. The number of fused-ring (bicyclic) bond motifs is 1. The highest BCUT2D eigenvalue weighted by Gasteiger charge is 2.14. The molecule has 0 atom stereocenters. The molecule has 0 aliphatic carbocycles. The summed E-state index contributed by atoms with van der Waals surface area (Å²) in [6, 6.07) is 16.4. The van der Waals surface area contributed by atoms with Gasteiger partial charge in [0.2, 0.25) is 0 Å². The smallest absolute Gasteiger partial charge is 0.191 e. The van der Waals surface area contributed by atoms with Crippen LogP contribution in [0.4, 0.5) is 0 Å². The number of thiazole rings is 1. The molecule has 0 fully saturated rings. The van der Waals surface area contributed by atoms with Gasteiger partial charge in [0.1, 0.15) is 11.6 Å². The second kappa shape index (κ2) is 9.65. The predicted molar refractivity (Wildman–Crippen MR) is 122 cm³/mol. The number of rotatable bonds is 9. The summed E-state index contributed by atoms with van der Waals surface area (Å²) in [6.07, 6.45) is 0. The number of para-hydroxylation sites is 2. The molecule has 4 aromatic rings. The Morgan fingerprint density at radius 2 is 1.79 bits per heavy atom. The highest BCUT2D eigenvalue weighted by atomic mass is 32.2. The van der Waals surface area contributed by atoms with Gasteiger partial charge in [-0.2, -0.15) is 0 Å². The van der Waals surface area contributed by atoms with Crippen molar-refractivity contribution in [2.45, 2.75) is 41.4 Å². The van der Waals surface area contributed by atoms with Crippen molar-refractivity contribution in [3.05, 3.63) is 59.9 Å². The lowest BCUT2D eigenvalue weighted by Gasteiger charge is -2.10. The number of aromatic nitrogens is 4. The number of benzene rings is 2. The lowest BCUT2D eigenvalue weighted by molar-refractivity contribution is 0.337. The van der Waals surface area contributed by atoms with E-state index in [0.717, 1.165) is 44.6 Å². The Morgan fingerprint density at radius 3 is 2.62 bits per heavy atom. The summed E-state index contributed by atoms with van der Waals surface area (Å²) in [4.78, 5) is 4.70. The topological polar surface area (TPSA) is 52.8 Å². The van der Waals surface area contributed by atoms with Crippen molar-refractivity contribution < 1.29 is 4.74 Å². The minimum atomic E-state index is 0.667. The normalized spacial score (nSPS) is 11.2. The first-order valence-corrected chi connectivity index (χ1v) is 12.3. The molecule has 0 N–H and O–H groups in total. The van der Waals surface area contributed by atoms with E-state index >= 15 is 0 Å². The zero-order valence-electron chi connectivity index (χ0n) is 16.4. The van der Waals surface area contributed by atoms with Gasteiger partial charge in [0, 0.05) is 17.9 Å². The third-order valence-corrected chi connectivity index (χ3v) is 7.53. The Morgan fingerprint density at radius 1 is 0.966 bits per heavy atom. The van der Waals surface area contributed by atoms with Crippen molar-refractivity contribution in [1.29, 1.82) is 0 Å². The van der Waals surface area contributed by atoms with Crippen LogP contribution < -0.4 is 4.74 Å². The molecule has 8 heteroatoms. The lowest BCUT2D eigenvalue weighted by Crippen LogP contribution is -2.02. The summed E-state index contributed by atoms with van der Waals surface area (Å²) in [5.41, 5.74) is 2.23. The average Bonchev–Trinajstić information content (AvgIpc) is 3.34. The van der Waals surface area contributed by atoms with Crippen LogP contribution in [0.5, 0.6) is 5.75 Å². The molecule has 2 heterocycles. The SMILES string of the molecule is CCOc1ccccc1CSc1nnc(CSc2nc3ccccc3s2)n1CC. The Kier molecular flexibility index (Phi) is 6.74. The maximum atomic E-state index is 5.73. The molecule has 150 valence electrons. The molecule has 2 aromatic heterocycles. The van der Waals surface area contributed by atoms with E-state index in [4.69, 9.17) is 9.72 Å². The minimum absolute atomic E-state index is 0.667. The van der Waals surface area contributed by atoms with Gasteiger partial charge in [0.25, 0.3) is 0 Å². The van der Waals surface area contributed by atoms with E-state index in [0.29, 0.717) is 6.61 Å². The molecular formula is C21H22N4OS3. The van der Waals surface area contributed by atoms with Crippen molar-refractivity contribution in [1.82, 2.24) is 19.7 Å². The summed E-state index contributed by atoms with van der Waals surface area (Å²) < 4.78 is 10.2. The van der Waals surface area contributed by atoms with Gasteiger partial charge in [-0.05, 0) is 32.0 Å². The van der Waals surface area contributed by atoms with Crippen LogP contribution in [0.1, 0.15) is 25.2 Å². The van der Waals surface area contributed by atoms with E-state index in [-0.39, 0.29) is 0 Å². The molecule has 0 saturated heterocycles. The van der Waals surface area contributed by atoms with Gasteiger partial charge in [-0.25, -0.2) is 4.98 Å². The molecule has 4 rings (SSSR count). The van der Waals surface area contributed by atoms with Crippen LogP contribution in [0.2, 0.25) is 0 Å². The van der Waals surface area contributed by atoms with Gasteiger partial charge < -0.3 is 9.30 Å². The predicted octanol–water partition coefficient (Wildman–Crippen LogP) is 5.89. The van der Waals surface area contributed by atoms with E-state index < -0.39 is 0 Å². The standard InChI is InChI=1S/C21H22N4OS3/c1-3-25-19(14-28-21-22-16-10-6-8-12-18(16)29-21)23-24-20(25)27-13-15-9-5-7-11-17(15)26-4-2/h5-12H,3-4,13-14H2,1-2H3. The fraction of sp³-hybridized carbons (Fsp3) is 0.286. The second-order valence-electron chi connectivity index (χ2n) is 6.21. The molecule has 0 amide bonds. The molecule has 0 aliphatic heterocycles. The number of hydrogen-bond donors (Lipinski definition) is 0. The van der Waals surface area contributed by atoms with Crippen LogP contribution in [-0.4, -0.2) is 26.4 Å². The molecule has 0 radical (unpaired) electrons. The van der Waals surface area contributed by atoms with Crippen LogP contribution >= 0.6 is 34.9 Å². The summed E-state index contributed by atoms with van der Waals surface area (Å²) in [7, 11) is 0. The van der Waals surface area contributed by atoms with Gasteiger partial charge in [-0.1, -0.05) is 53.9 Å². The molecule has 29 heavy (non-hydrogen) atoms. The van der Waals surface area contributed by atoms with E-state index in [1.54, 1.807) is 34.9 Å². The first-order chi connectivity index (χ1) is 14.3. The monoisotopic (exact) mass is 442 g/mol. The van der Waals surface area contributed by atoms with Crippen LogP contribution in [0.3, 0.4) is 0 Å².